The number of ether oxygens (including phenoxy) is 2. The molecule has 0 fully saturated rings. The molecule has 0 unspecified atom stereocenters. The van der Waals surface area contributed by atoms with E-state index in [1.807, 2.05) is 73.1 Å². The van der Waals surface area contributed by atoms with Crippen LogP contribution in [0.3, 0.4) is 0 Å². The van der Waals surface area contributed by atoms with Crippen molar-refractivity contribution < 1.29 is 23.0 Å². The van der Waals surface area contributed by atoms with Gasteiger partial charge in [-0.1, -0.05) is 48.5 Å². The molecule has 2 aliphatic rings. The van der Waals surface area contributed by atoms with Crippen LogP contribution in [-0.4, -0.2) is 55.6 Å². The van der Waals surface area contributed by atoms with Gasteiger partial charge < -0.3 is 23.5 Å². The molecule has 12 heteroatoms. The average molecular weight is 824 g/mol. The van der Waals surface area contributed by atoms with E-state index in [0.717, 1.165) is 64.2 Å². The van der Waals surface area contributed by atoms with Gasteiger partial charge in [0.25, 0.3) is 0 Å². The predicted molar refractivity (Wildman–Crippen MR) is 216 cm³/mol. The molecule has 0 radical (unpaired) electrons. The maximum absolute atomic E-state index is 13.7. The number of hydrogen-bond donors (Lipinski definition) is 0. The lowest BCUT2D eigenvalue weighted by atomic mass is 9.99. The SMILES string of the molecule is COc1ccc(CN2Cc3nc(-c4cccc(F)c4)c(Br)n3C(C)(C)C2)cc1.COc1ccc(CN2Cc3nc(-c4cccc(F)c4)cn3C(C)(C)C2=O)cc1. The molecule has 0 spiro atoms. The van der Waals surface area contributed by atoms with Crippen LogP contribution >= 0.6 is 15.9 Å². The van der Waals surface area contributed by atoms with Gasteiger partial charge in [0.05, 0.1) is 38.5 Å². The lowest BCUT2D eigenvalue weighted by Crippen LogP contribution is -2.51. The van der Waals surface area contributed by atoms with E-state index in [2.05, 4.69) is 51.4 Å². The summed E-state index contributed by atoms with van der Waals surface area (Å²) in [6, 6.07) is 28.8. The summed E-state index contributed by atoms with van der Waals surface area (Å²) in [6.45, 7) is 11.6. The Balaban J connectivity index is 0.000000172. The van der Waals surface area contributed by atoms with Gasteiger partial charge in [-0.05, 0) is 103 Å². The van der Waals surface area contributed by atoms with E-state index in [4.69, 9.17) is 19.4 Å². The van der Waals surface area contributed by atoms with Crippen molar-refractivity contribution in [1.29, 1.82) is 0 Å². The zero-order valence-corrected chi connectivity index (χ0v) is 34.0. The molecule has 9 nitrogen and oxygen atoms in total. The Kier molecular flexibility index (Phi) is 10.9. The maximum atomic E-state index is 13.7. The van der Waals surface area contributed by atoms with Crippen molar-refractivity contribution in [3.8, 4) is 34.0 Å². The second kappa shape index (κ2) is 15.7. The van der Waals surface area contributed by atoms with Crippen molar-refractivity contribution in [2.45, 2.75) is 65.0 Å². The van der Waals surface area contributed by atoms with Crippen LogP contribution in [0.25, 0.3) is 22.5 Å². The molecule has 0 aliphatic carbocycles. The van der Waals surface area contributed by atoms with Gasteiger partial charge in [0.15, 0.2) is 0 Å². The van der Waals surface area contributed by atoms with Crippen molar-refractivity contribution in [3.63, 3.8) is 0 Å². The molecular weight excluding hydrogens is 778 g/mol. The van der Waals surface area contributed by atoms with Gasteiger partial charge in [0, 0.05) is 37.0 Å². The first kappa shape index (κ1) is 38.9. The summed E-state index contributed by atoms with van der Waals surface area (Å²) >= 11 is 3.72. The van der Waals surface area contributed by atoms with E-state index >= 15 is 0 Å². The highest BCUT2D eigenvalue weighted by molar-refractivity contribution is 9.10. The van der Waals surface area contributed by atoms with E-state index in [0.29, 0.717) is 24.3 Å². The highest BCUT2D eigenvalue weighted by Crippen LogP contribution is 2.38. The van der Waals surface area contributed by atoms with E-state index < -0.39 is 5.54 Å². The van der Waals surface area contributed by atoms with Gasteiger partial charge in [0.2, 0.25) is 5.91 Å². The summed E-state index contributed by atoms with van der Waals surface area (Å²) < 4.78 is 42.8. The van der Waals surface area contributed by atoms with Crippen molar-refractivity contribution in [2.75, 3.05) is 20.8 Å². The lowest BCUT2D eigenvalue weighted by Gasteiger charge is -2.40. The van der Waals surface area contributed by atoms with Crippen LogP contribution < -0.4 is 9.47 Å². The third-order valence-corrected chi connectivity index (χ3v) is 11.0. The lowest BCUT2D eigenvalue weighted by molar-refractivity contribution is -0.143. The first-order chi connectivity index (χ1) is 26.7. The van der Waals surface area contributed by atoms with Crippen LogP contribution in [0.2, 0.25) is 0 Å². The number of carbonyl (C=O) groups excluding carboxylic acids is 1. The number of fused-ring (bicyclic) bond motifs is 2. The Morgan fingerprint density at radius 2 is 1.30 bits per heavy atom. The number of nitrogens with zero attached hydrogens (tertiary/aromatic N) is 6. The number of benzene rings is 4. The minimum atomic E-state index is -0.765. The molecule has 290 valence electrons. The molecule has 6 aromatic rings. The summed E-state index contributed by atoms with van der Waals surface area (Å²) in [6.07, 6.45) is 1.84. The van der Waals surface area contributed by atoms with Crippen LogP contribution in [-0.2, 0) is 42.1 Å². The topological polar surface area (TPSA) is 77.7 Å². The summed E-state index contributed by atoms with van der Waals surface area (Å²) in [4.78, 5) is 26.9. The largest absolute Gasteiger partial charge is 0.497 e. The third-order valence-electron chi connectivity index (χ3n) is 10.3. The van der Waals surface area contributed by atoms with Gasteiger partial charge in [0.1, 0.15) is 50.6 Å². The summed E-state index contributed by atoms with van der Waals surface area (Å²) in [5, 5.41) is 0. The Labute approximate surface area is 334 Å². The molecule has 56 heavy (non-hydrogen) atoms. The minimum Gasteiger partial charge on any atom is -0.497 e. The smallest absolute Gasteiger partial charge is 0.248 e. The molecular formula is C44H45BrF2N6O3. The molecule has 2 aliphatic heterocycles. The van der Waals surface area contributed by atoms with Crippen LogP contribution in [0.4, 0.5) is 8.78 Å². The summed E-state index contributed by atoms with van der Waals surface area (Å²) in [7, 11) is 3.30. The summed E-state index contributed by atoms with van der Waals surface area (Å²) in [5.41, 5.74) is 4.29. The number of imidazole rings is 2. The molecule has 4 heterocycles. The number of rotatable bonds is 8. The second-order valence-corrected chi connectivity index (χ2v) is 16.1. The molecule has 0 N–H and O–H groups in total. The van der Waals surface area contributed by atoms with Gasteiger partial charge in [-0.15, -0.1) is 0 Å². The fourth-order valence-electron chi connectivity index (χ4n) is 7.57. The first-order valence-corrected chi connectivity index (χ1v) is 19.2. The quantitative estimate of drug-likeness (QED) is 0.153. The minimum absolute atomic E-state index is 0.0269. The zero-order chi connectivity index (χ0) is 39.8. The van der Waals surface area contributed by atoms with E-state index in [9.17, 15) is 13.6 Å². The predicted octanol–water partition coefficient (Wildman–Crippen LogP) is 9.19. The monoisotopic (exact) mass is 822 g/mol. The molecule has 0 saturated heterocycles. The van der Waals surface area contributed by atoms with E-state index in [1.165, 1.54) is 29.8 Å². The number of methoxy groups -OCH3 is 2. The Bertz CT molecular complexity index is 2350. The van der Waals surface area contributed by atoms with Crippen LogP contribution in [0, 0.1) is 11.6 Å². The van der Waals surface area contributed by atoms with Crippen molar-refractivity contribution in [1.82, 2.24) is 28.9 Å². The average Bonchev–Trinajstić information content (AvgIpc) is 3.77. The molecule has 1 amide bonds. The fraction of sp³-hybridized carbons (Fsp3) is 0.295. The molecule has 0 bridgehead atoms. The number of amides is 1. The van der Waals surface area contributed by atoms with Gasteiger partial charge in [-0.3, -0.25) is 9.69 Å². The summed E-state index contributed by atoms with van der Waals surface area (Å²) in [5.74, 6) is 2.88. The fourth-order valence-corrected chi connectivity index (χ4v) is 8.57. The zero-order valence-electron chi connectivity index (χ0n) is 32.4. The normalized spacial score (nSPS) is 15.7. The highest BCUT2D eigenvalue weighted by atomic mass is 79.9. The number of halogens is 3. The number of aromatic nitrogens is 4. The van der Waals surface area contributed by atoms with Gasteiger partial charge in [-0.25, -0.2) is 18.7 Å². The number of hydrogen-bond acceptors (Lipinski definition) is 6. The van der Waals surface area contributed by atoms with Crippen LogP contribution in [0.15, 0.2) is 108 Å². The van der Waals surface area contributed by atoms with E-state index in [-0.39, 0.29) is 23.1 Å². The van der Waals surface area contributed by atoms with Gasteiger partial charge in [-0.2, -0.15) is 0 Å². The van der Waals surface area contributed by atoms with Crippen LogP contribution in [0.5, 0.6) is 11.5 Å². The maximum Gasteiger partial charge on any atom is 0.248 e. The molecule has 0 atom stereocenters. The van der Waals surface area contributed by atoms with E-state index in [1.54, 1.807) is 31.3 Å². The first-order valence-electron chi connectivity index (χ1n) is 18.4. The van der Waals surface area contributed by atoms with Crippen molar-refractivity contribution >= 4 is 21.8 Å². The van der Waals surface area contributed by atoms with Gasteiger partial charge >= 0.3 is 0 Å². The molecule has 4 aromatic carbocycles. The Morgan fingerprint density at radius 1 is 0.732 bits per heavy atom. The second-order valence-electron chi connectivity index (χ2n) is 15.3. The Hall–Kier alpha value is -5.33. The molecule has 2 aromatic heterocycles. The molecule has 0 saturated carbocycles. The Morgan fingerprint density at radius 3 is 1.89 bits per heavy atom. The van der Waals surface area contributed by atoms with Crippen molar-refractivity contribution in [3.05, 3.63) is 142 Å². The van der Waals surface area contributed by atoms with Crippen LogP contribution in [0.1, 0.15) is 50.5 Å². The molecule has 8 rings (SSSR count). The third kappa shape index (κ3) is 7.99. The number of carbonyl (C=O) groups is 1. The highest BCUT2D eigenvalue weighted by Gasteiger charge is 2.41. The van der Waals surface area contributed by atoms with Crippen molar-refractivity contribution in [2.24, 2.45) is 0 Å². The standard InChI is InChI=1S/C22H23BrFN3O.C22H22FN3O2/c1-22(2)14-26(12-15-7-9-18(28-3)10-8-15)13-19-25-20(21(23)27(19)22)16-5-4-6-17(24)11-16;1-22(2)21(27)25(12-15-7-9-18(28-3)10-8-15)14-20-24-19(13-26(20)22)16-5-4-6-17(23)11-16/h4-11H,12-14H2,1-3H3;4-11,13H,12,14H2,1-3H3.